The number of sulfonamides is 1. The standard InChI is InChI=1S/C18H17F5N2O5S/c1-10(25-31(27,28)15-6-4-3-5-12(15)18(21,22)23)16(26)24-11-7-8-13(29-2)14(9-11)30-17(19)20/h3-10,17,25H,1-2H3,(H,24,26). The van der Waals surface area contributed by atoms with E-state index in [9.17, 15) is 35.2 Å². The second kappa shape index (κ2) is 9.47. The SMILES string of the molecule is COc1ccc(NC(=O)C(C)NS(=O)(=O)c2ccccc2C(F)(F)F)cc1OC(F)F. The molecule has 0 aliphatic carbocycles. The van der Waals surface area contributed by atoms with Crippen molar-refractivity contribution in [2.24, 2.45) is 0 Å². The van der Waals surface area contributed by atoms with Gasteiger partial charge in [0, 0.05) is 11.8 Å². The van der Waals surface area contributed by atoms with E-state index in [0.29, 0.717) is 6.07 Å². The Morgan fingerprint density at radius 3 is 2.29 bits per heavy atom. The Morgan fingerprint density at radius 2 is 1.71 bits per heavy atom. The fourth-order valence-electron chi connectivity index (χ4n) is 2.48. The van der Waals surface area contributed by atoms with Crippen molar-refractivity contribution in [3.05, 3.63) is 48.0 Å². The van der Waals surface area contributed by atoms with Crippen LogP contribution >= 0.6 is 0 Å². The number of methoxy groups -OCH3 is 1. The molecular weight excluding hydrogens is 451 g/mol. The molecular formula is C18H17F5N2O5S. The van der Waals surface area contributed by atoms with Crippen LogP contribution in [0.15, 0.2) is 47.4 Å². The summed E-state index contributed by atoms with van der Waals surface area (Å²) in [4.78, 5) is 11.3. The summed E-state index contributed by atoms with van der Waals surface area (Å²) in [7, 11) is -3.51. The lowest BCUT2D eigenvalue weighted by atomic mass is 10.2. The topological polar surface area (TPSA) is 93.7 Å². The van der Waals surface area contributed by atoms with Gasteiger partial charge in [0.15, 0.2) is 11.5 Å². The molecule has 2 aromatic carbocycles. The summed E-state index contributed by atoms with van der Waals surface area (Å²) in [5.41, 5.74) is -1.43. The molecule has 0 aromatic heterocycles. The van der Waals surface area contributed by atoms with Gasteiger partial charge in [-0.1, -0.05) is 12.1 Å². The van der Waals surface area contributed by atoms with Gasteiger partial charge >= 0.3 is 12.8 Å². The summed E-state index contributed by atoms with van der Waals surface area (Å²) < 4.78 is 100. The molecule has 31 heavy (non-hydrogen) atoms. The van der Waals surface area contributed by atoms with Crippen LogP contribution in [-0.4, -0.2) is 34.1 Å². The maximum atomic E-state index is 13.1. The summed E-state index contributed by atoms with van der Waals surface area (Å²) in [5.74, 6) is -1.39. The van der Waals surface area contributed by atoms with Gasteiger partial charge < -0.3 is 14.8 Å². The predicted octanol–water partition coefficient (Wildman–Crippen LogP) is 3.62. The third-order valence-electron chi connectivity index (χ3n) is 3.85. The largest absolute Gasteiger partial charge is 0.493 e. The average molecular weight is 468 g/mol. The molecule has 170 valence electrons. The minimum absolute atomic E-state index is 0.0387. The highest BCUT2D eigenvalue weighted by molar-refractivity contribution is 7.89. The fourth-order valence-corrected chi connectivity index (χ4v) is 3.91. The van der Waals surface area contributed by atoms with Gasteiger partial charge in [-0.25, -0.2) is 8.42 Å². The van der Waals surface area contributed by atoms with E-state index in [4.69, 9.17) is 4.74 Å². The first kappa shape index (κ1) is 24.3. The molecule has 1 amide bonds. The van der Waals surface area contributed by atoms with E-state index in [2.05, 4.69) is 10.1 Å². The number of anilines is 1. The van der Waals surface area contributed by atoms with Gasteiger partial charge in [0.05, 0.1) is 23.6 Å². The van der Waals surface area contributed by atoms with Crippen molar-refractivity contribution in [1.82, 2.24) is 4.72 Å². The molecule has 0 saturated carbocycles. The number of nitrogens with one attached hydrogen (secondary N) is 2. The lowest BCUT2D eigenvalue weighted by Gasteiger charge is -2.18. The van der Waals surface area contributed by atoms with E-state index in [-0.39, 0.29) is 17.2 Å². The number of rotatable bonds is 8. The maximum absolute atomic E-state index is 13.1. The molecule has 2 rings (SSSR count). The molecule has 1 unspecified atom stereocenters. The summed E-state index contributed by atoms with van der Waals surface area (Å²) in [6, 6.07) is 5.50. The zero-order chi connectivity index (χ0) is 23.4. The number of hydrogen-bond donors (Lipinski definition) is 2. The van der Waals surface area contributed by atoms with Crippen molar-refractivity contribution in [2.45, 2.75) is 30.6 Å². The lowest BCUT2D eigenvalue weighted by Crippen LogP contribution is -2.42. The van der Waals surface area contributed by atoms with Crippen molar-refractivity contribution in [1.29, 1.82) is 0 Å². The van der Waals surface area contributed by atoms with Gasteiger partial charge in [-0.15, -0.1) is 0 Å². The van der Waals surface area contributed by atoms with Gasteiger partial charge in [0.25, 0.3) is 0 Å². The summed E-state index contributed by atoms with van der Waals surface area (Å²) in [6.07, 6.45) is -4.93. The number of amides is 1. The van der Waals surface area contributed by atoms with Crippen LogP contribution in [0.1, 0.15) is 12.5 Å². The summed E-state index contributed by atoms with van der Waals surface area (Å²) in [6.45, 7) is -2.07. The van der Waals surface area contributed by atoms with E-state index in [0.717, 1.165) is 31.2 Å². The Labute approximate surface area is 174 Å². The number of carbonyl (C=O) groups excluding carboxylic acids is 1. The molecule has 2 aromatic rings. The summed E-state index contributed by atoms with van der Waals surface area (Å²) in [5, 5.41) is 2.26. The third kappa shape index (κ3) is 6.28. The molecule has 0 bridgehead atoms. The van der Waals surface area contributed by atoms with E-state index in [1.807, 2.05) is 4.72 Å². The van der Waals surface area contributed by atoms with Crippen LogP contribution in [0.4, 0.5) is 27.6 Å². The maximum Gasteiger partial charge on any atom is 0.417 e. The van der Waals surface area contributed by atoms with Crippen molar-refractivity contribution in [3.8, 4) is 11.5 Å². The van der Waals surface area contributed by atoms with Crippen LogP contribution in [0, 0.1) is 0 Å². The quantitative estimate of drug-likeness (QED) is 0.578. The number of benzene rings is 2. The third-order valence-corrected chi connectivity index (χ3v) is 5.45. The Hall–Kier alpha value is -2.93. The first-order chi connectivity index (χ1) is 14.3. The van der Waals surface area contributed by atoms with Crippen LogP contribution < -0.4 is 19.5 Å². The second-order valence-electron chi connectivity index (χ2n) is 6.07. The van der Waals surface area contributed by atoms with Crippen molar-refractivity contribution in [2.75, 3.05) is 12.4 Å². The average Bonchev–Trinajstić information content (AvgIpc) is 2.66. The van der Waals surface area contributed by atoms with E-state index < -0.39 is 45.2 Å². The Morgan fingerprint density at radius 1 is 1.06 bits per heavy atom. The van der Waals surface area contributed by atoms with Crippen LogP contribution in [0.25, 0.3) is 0 Å². The van der Waals surface area contributed by atoms with Crippen LogP contribution in [-0.2, 0) is 21.0 Å². The monoisotopic (exact) mass is 468 g/mol. The van der Waals surface area contributed by atoms with E-state index in [1.54, 1.807) is 0 Å². The lowest BCUT2D eigenvalue weighted by molar-refractivity contribution is -0.139. The number of carbonyl (C=O) groups is 1. The van der Waals surface area contributed by atoms with Crippen molar-refractivity contribution < 1.29 is 44.6 Å². The van der Waals surface area contributed by atoms with E-state index >= 15 is 0 Å². The highest BCUT2D eigenvalue weighted by atomic mass is 32.2. The number of hydrogen-bond acceptors (Lipinski definition) is 5. The smallest absolute Gasteiger partial charge is 0.417 e. The highest BCUT2D eigenvalue weighted by Gasteiger charge is 2.37. The molecule has 0 aliphatic rings. The van der Waals surface area contributed by atoms with Crippen LogP contribution in [0.3, 0.4) is 0 Å². The Balaban J connectivity index is 2.20. The molecule has 0 saturated heterocycles. The van der Waals surface area contributed by atoms with Gasteiger partial charge in [-0.2, -0.15) is 26.7 Å². The molecule has 2 N–H and O–H groups in total. The molecule has 0 aliphatic heterocycles. The summed E-state index contributed by atoms with van der Waals surface area (Å²) >= 11 is 0. The minimum atomic E-state index is -4.93. The molecule has 7 nitrogen and oxygen atoms in total. The van der Waals surface area contributed by atoms with Gasteiger partial charge in [-0.3, -0.25) is 4.79 Å². The van der Waals surface area contributed by atoms with Gasteiger partial charge in [0.2, 0.25) is 15.9 Å². The zero-order valence-corrected chi connectivity index (χ0v) is 16.9. The van der Waals surface area contributed by atoms with E-state index in [1.165, 1.54) is 19.2 Å². The molecule has 13 heteroatoms. The molecule has 0 fully saturated rings. The van der Waals surface area contributed by atoms with Gasteiger partial charge in [0.1, 0.15) is 0 Å². The normalized spacial score (nSPS) is 13.0. The fraction of sp³-hybridized carbons (Fsp3) is 0.278. The molecule has 0 radical (unpaired) electrons. The highest BCUT2D eigenvalue weighted by Crippen LogP contribution is 2.34. The second-order valence-corrected chi connectivity index (χ2v) is 7.75. The Bertz CT molecular complexity index is 1040. The minimum Gasteiger partial charge on any atom is -0.493 e. The first-order valence-corrected chi connectivity index (χ1v) is 9.95. The molecule has 1 atom stereocenters. The number of alkyl halides is 5. The Kier molecular flexibility index (Phi) is 7.44. The number of halogens is 5. The molecule has 0 heterocycles. The number of ether oxygens (including phenoxy) is 2. The van der Waals surface area contributed by atoms with Crippen LogP contribution in [0.2, 0.25) is 0 Å². The van der Waals surface area contributed by atoms with Gasteiger partial charge in [-0.05, 0) is 31.2 Å². The van der Waals surface area contributed by atoms with Crippen molar-refractivity contribution >= 4 is 21.6 Å². The van der Waals surface area contributed by atoms with Crippen LogP contribution in [0.5, 0.6) is 11.5 Å². The zero-order valence-electron chi connectivity index (χ0n) is 16.0. The predicted molar refractivity (Wildman–Crippen MR) is 99.5 cm³/mol. The van der Waals surface area contributed by atoms with Crippen molar-refractivity contribution in [3.63, 3.8) is 0 Å². The molecule has 0 spiro atoms. The first-order valence-electron chi connectivity index (χ1n) is 8.47.